The van der Waals surface area contributed by atoms with E-state index in [1.807, 2.05) is 0 Å². The van der Waals surface area contributed by atoms with Crippen molar-refractivity contribution in [3.63, 3.8) is 0 Å². The Morgan fingerprint density at radius 2 is 2.50 bits per heavy atom. The monoisotopic (exact) mass is 88.0 g/mol. The summed E-state index contributed by atoms with van der Waals surface area (Å²) in [4.78, 5) is 9.78. The van der Waals surface area contributed by atoms with Gasteiger partial charge in [-0.05, 0) is 0 Å². The predicted octanol–water partition coefficient (Wildman–Crippen LogP) is -0.310. The summed E-state index contributed by atoms with van der Waals surface area (Å²) in [6.45, 7) is 2.84. The van der Waals surface area contributed by atoms with E-state index in [-0.39, 0.29) is 0 Å². The molecule has 0 spiro atoms. The van der Waals surface area contributed by atoms with Crippen molar-refractivity contribution in [2.24, 2.45) is 0 Å². The molecule has 0 rings (SSSR count). The minimum atomic E-state index is -0.519. The van der Waals surface area contributed by atoms with Crippen LogP contribution in [0.4, 0.5) is 4.79 Å². The van der Waals surface area contributed by atoms with Gasteiger partial charge in [-0.1, -0.05) is 0 Å². The molecule has 0 bridgehead atoms. The summed E-state index contributed by atoms with van der Waals surface area (Å²) < 4.78 is 3.90. The normalized spacial score (nSPS) is 6.83. The molecule has 3 nitrogen and oxygen atoms in total. The van der Waals surface area contributed by atoms with Gasteiger partial charge in [0.1, 0.15) is 0 Å². The van der Waals surface area contributed by atoms with Gasteiger partial charge in [0.15, 0.2) is 6.79 Å². The maximum atomic E-state index is 9.78. The van der Waals surface area contributed by atoms with Crippen molar-refractivity contribution >= 4 is 12.9 Å². The number of nitrogens with one attached hydrogen (secondary N) is 1. The number of carbonyl (C=O) groups excluding carboxylic acids is 2. The Labute approximate surface area is 35.7 Å². The second kappa shape index (κ2) is 2.38. The lowest BCUT2D eigenvalue weighted by atomic mass is 11.1. The van der Waals surface area contributed by atoms with Crippen LogP contribution in [-0.4, -0.2) is 19.9 Å². The van der Waals surface area contributed by atoms with E-state index in [4.69, 9.17) is 0 Å². The van der Waals surface area contributed by atoms with E-state index in [0.29, 0.717) is 0 Å². The highest BCUT2D eigenvalue weighted by molar-refractivity contribution is 5.63. The van der Waals surface area contributed by atoms with Gasteiger partial charge >= 0.3 is 6.09 Å². The van der Waals surface area contributed by atoms with Crippen LogP contribution >= 0.6 is 0 Å². The van der Waals surface area contributed by atoms with E-state index in [9.17, 15) is 4.79 Å². The highest BCUT2D eigenvalue weighted by Crippen LogP contribution is 1.53. The molecule has 0 aromatic rings. The summed E-state index contributed by atoms with van der Waals surface area (Å²) in [5.41, 5.74) is 0. The lowest BCUT2D eigenvalue weighted by Crippen LogP contribution is -2.14. The fourth-order valence-corrected chi connectivity index (χ4v) is 0.0722. The molecule has 1 amide bonds. The van der Waals surface area contributed by atoms with Gasteiger partial charge in [0.25, 0.3) is 0 Å². The molecule has 34 valence electrons. The number of rotatable bonds is 0. The van der Waals surface area contributed by atoms with Crippen LogP contribution in [0, 0.1) is 0 Å². The maximum Gasteiger partial charge on any atom is 0.690 e. The summed E-state index contributed by atoms with van der Waals surface area (Å²) in [6.07, 6.45) is -0.519. The Bertz CT molecular complexity index is 69.2. The Kier molecular flexibility index (Phi) is 2.04. The van der Waals surface area contributed by atoms with Crippen LogP contribution in [0.25, 0.3) is 0 Å². The number of hydrogen-bond donors (Lipinski definition) is 1. The molecular formula is C3H6NO2+. The first-order valence-corrected chi connectivity index (χ1v) is 1.45. The zero-order valence-corrected chi connectivity index (χ0v) is 3.52. The van der Waals surface area contributed by atoms with Gasteiger partial charge in [-0.25, -0.2) is 0 Å². The van der Waals surface area contributed by atoms with E-state index in [0.717, 1.165) is 0 Å². The standard InChI is InChI=1S/C3H5NO2/c1-4-3(5)6-2/h2H2,1H3/p+1. The van der Waals surface area contributed by atoms with Crippen molar-refractivity contribution in [2.75, 3.05) is 7.05 Å². The third-order valence-electron chi connectivity index (χ3n) is 0.335. The van der Waals surface area contributed by atoms with E-state index in [1.165, 1.54) is 7.05 Å². The molecule has 0 atom stereocenters. The molecule has 0 heterocycles. The molecule has 1 N–H and O–H groups in total. The van der Waals surface area contributed by atoms with Crippen molar-refractivity contribution < 1.29 is 9.22 Å². The van der Waals surface area contributed by atoms with Gasteiger partial charge in [0.2, 0.25) is 0 Å². The van der Waals surface area contributed by atoms with Gasteiger partial charge in [-0.3, -0.25) is 9.74 Å². The molecule has 0 saturated heterocycles. The number of amides is 1. The van der Waals surface area contributed by atoms with Crippen molar-refractivity contribution in [3.05, 3.63) is 0 Å². The molecule has 3 heteroatoms. The minimum absolute atomic E-state index is 0.519. The van der Waals surface area contributed by atoms with E-state index < -0.39 is 6.09 Å². The zero-order chi connectivity index (χ0) is 4.99. The van der Waals surface area contributed by atoms with Gasteiger partial charge in [0.05, 0.1) is 4.79 Å². The Hall–Kier alpha value is -0.860. The van der Waals surface area contributed by atoms with Crippen LogP contribution in [0.15, 0.2) is 0 Å². The van der Waals surface area contributed by atoms with Crippen LogP contribution in [0.5, 0.6) is 0 Å². The van der Waals surface area contributed by atoms with Crippen molar-refractivity contribution in [2.45, 2.75) is 0 Å². The molecule has 0 radical (unpaired) electrons. The fraction of sp³-hybridized carbons (Fsp3) is 0.333. The molecule has 0 fully saturated rings. The smallest absolute Gasteiger partial charge is 0.270 e. The fourth-order valence-electron chi connectivity index (χ4n) is 0.0722. The summed E-state index contributed by atoms with van der Waals surface area (Å²) in [6, 6.07) is 0. The molecule has 6 heavy (non-hydrogen) atoms. The SMILES string of the molecule is C=[O+]C(=O)NC. The average molecular weight is 88.1 g/mol. The van der Waals surface area contributed by atoms with E-state index in [2.05, 4.69) is 16.5 Å². The molecular weight excluding hydrogens is 82.0 g/mol. The number of carbonyl (C=O) groups is 1. The van der Waals surface area contributed by atoms with Gasteiger partial charge < -0.3 is 0 Å². The zero-order valence-electron chi connectivity index (χ0n) is 3.52. The summed E-state index contributed by atoms with van der Waals surface area (Å²) >= 11 is 0. The Balaban J connectivity index is 3.23. The molecule has 0 aromatic heterocycles. The lowest BCUT2D eigenvalue weighted by Gasteiger charge is -1.68. The van der Waals surface area contributed by atoms with Crippen molar-refractivity contribution in [3.8, 4) is 0 Å². The quantitative estimate of drug-likeness (QED) is 0.405. The largest absolute Gasteiger partial charge is 0.690 e. The van der Waals surface area contributed by atoms with Gasteiger partial charge in [-0.2, -0.15) is 0 Å². The molecule has 0 aliphatic rings. The second-order valence-corrected chi connectivity index (χ2v) is 0.682. The van der Waals surface area contributed by atoms with Crippen LogP contribution < -0.4 is 5.32 Å². The predicted molar refractivity (Wildman–Crippen MR) is 21.6 cm³/mol. The molecule has 0 saturated carbocycles. The Morgan fingerprint density at radius 1 is 2.00 bits per heavy atom. The third-order valence-corrected chi connectivity index (χ3v) is 0.335. The molecule has 0 unspecified atom stereocenters. The molecule has 0 aromatic carbocycles. The van der Waals surface area contributed by atoms with Crippen LogP contribution in [0.1, 0.15) is 0 Å². The van der Waals surface area contributed by atoms with Crippen molar-refractivity contribution in [1.29, 1.82) is 0 Å². The summed E-state index contributed by atoms with van der Waals surface area (Å²) in [5, 5.41) is 2.19. The van der Waals surface area contributed by atoms with Crippen LogP contribution in [0.3, 0.4) is 0 Å². The molecule has 0 aliphatic heterocycles. The highest BCUT2D eigenvalue weighted by Gasteiger charge is 2.01. The summed E-state index contributed by atoms with van der Waals surface area (Å²) in [5.74, 6) is 0. The molecule has 0 aliphatic carbocycles. The minimum Gasteiger partial charge on any atom is -0.270 e. The number of hydrogen-bond acceptors (Lipinski definition) is 1. The van der Waals surface area contributed by atoms with Crippen LogP contribution in [-0.2, 0) is 4.42 Å². The maximum absolute atomic E-state index is 9.78. The lowest BCUT2D eigenvalue weighted by molar-refractivity contribution is -0.332. The second-order valence-electron chi connectivity index (χ2n) is 0.682. The van der Waals surface area contributed by atoms with Crippen LogP contribution in [0.2, 0.25) is 0 Å². The van der Waals surface area contributed by atoms with Gasteiger partial charge in [-0.15, -0.1) is 0 Å². The average Bonchev–Trinajstić information content (AvgIpc) is 1.65. The topological polar surface area (TPSA) is 40.4 Å². The Morgan fingerprint density at radius 3 is 2.50 bits per heavy atom. The van der Waals surface area contributed by atoms with Gasteiger partial charge in [0, 0.05) is 7.05 Å². The van der Waals surface area contributed by atoms with Crippen molar-refractivity contribution in [1.82, 2.24) is 5.32 Å². The first kappa shape index (κ1) is 5.14. The highest BCUT2D eigenvalue weighted by atomic mass is 16.5. The van der Waals surface area contributed by atoms with E-state index in [1.54, 1.807) is 0 Å². The summed E-state index contributed by atoms with van der Waals surface area (Å²) in [7, 11) is 1.47. The first-order valence-electron chi connectivity index (χ1n) is 1.45. The third kappa shape index (κ3) is 1.46. The first-order chi connectivity index (χ1) is 2.81. The van der Waals surface area contributed by atoms with E-state index >= 15 is 0 Å².